The van der Waals surface area contributed by atoms with Crippen molar-refractivity contribution < 1.29 is 19.0 Å². The fourth-order valence-corrected chi connectivity index (χ4v) is 2.95. The van der Waals surface area contributed by atoms with Gasteiger partial charge in [-0.15, -0.1) is 0 Å². The number of methoxy groups -OCH3 is 2. The summed E-state index contributed by atoms with van der Waals surface area (Å²) < 4.78 is 16.2. The van der Waals surface area contributed by atoms with E-state index in [9.17, 15) is 4.79 Å². The zero-order chi connectivity index (χ0) is 16.9. The number of carbonyl (C=O) groups is 1. The summed E-state index contributed by atoms with van der Waals surface area (Å²) in [6.07, 6.45) is 2.88. The van der Waals surface area contributed by atoms with E-state index in [1.807, 2.05) is 18.2 Å². The minimum atomic E-state index is -0.153. The van der Waals surface area contributed by atoms with Gasteiger partial charge < -0.3 is 19.5 Å². The van der Waals surface area contributed by atoms with Crippen molar-refractivity contribution in [3.05, 3.63) is 23.8 Å². The SMILES string of the molecule is COc1ccc(CCC(=O)N[C@@H]2CCOC(C)(C)C2)cc1OC. The van der Waals surface area contributed by atoms with Crippen molar-refractivity contribution in [2.75, 3.05) is 20.8 Å². The molecule has 1 aliphatic heterocycles. The second kappa shape index (κ2) is 7.68. The molecule has 5 heteroatoms. The summed E-state index contributed by atoms with van der Waals surface area (Å²) in [7, 11) is 3.22. The van der Waals surface area contributed by atoms with Crippen LogP contribution in [0, 0.1) is 0 Å². The van der Waals surface area contributed by atoms with Crippen LogP contribution in [0.2, 0.25) is 0 Å². The highest BCUT2D eigenvalue weighted by atomic mass is 16.5. The van der Waals surface area contributed by atoms with Crippen LogP contribution in [0.25, 0.3) is 0 Å². The Hall–Kier alpha value is -1.75. The maximum atomic E-state index is 12.2. The average molecular weight is 321 g/mol. The summed E-state index contributed by atoms with van der Waals surface area (Å²) in [6.45, 7) is 4.83. The van der Waals surface area contributed by atoms with E-state index in [0.717, 1.165) is 18.4 Å². The zero-order valence-electron chi connectivity index (χ0n) is 14.5. The Morgan fingerprint density at radius 2 is 2.04 bits per heavy atom. The van der Waals surface area contributed by atoms with Crippen molar-refractivity contribution in [1.29, 1.82) is 0 Å². The quantitative estimate of drug-likeness (QED) is 0.875. The monoisotopic (exact) mass is 321 g/mol. The van der Waals surface area contributed by atoms with Crippen molar-refractivity contribution in [2.45, 2.75) is 51.2 Å². The predicted molar refractivity (Wildman–Crippen MR) is 89.1 cm³/mol. The molecule has 1 atom stereocenters. The van der Waals surface area contributed by atoms with Gasteiger partial charge in [-0.2, -0.15) is 0 Å². The molecule has 0 aliphatic carbocycles. The molecule has 1 aromatic rings. The van der Waals surface area contributed by atoms with E-state index in [4.69, 9.17) is 14.2 Å². The Morgan fingerprint density at radius 3 is 2.70 bits per heavy atom. The van der Waals surface area contributed by atoms with Gasteiger partial charge in [0.05, 0.1) is 19.8 Å². The van der Waals surface area contributed by atoms with Gasteiger partial charge in [-0.1, -0.05) is 6.07 Å². The molecule has 0 spiro atoms. The largest absolute Gasteiger partial charge is 0.493 e. The van der Waals surface area contributed by atoms with Crippen LogP contribution in [0.4, 0.5) is 0 Å². The molecule has 2 rings (SSSR count). The summed E-state index contributed by atoms with van der Waals surface area (Å²) in [5, 5.41) is 3.12. The third kappa shape index (κ3) is 5.13. The van der Waals surface area contributed by atoms with Crippen molar-refractivity contribution in [3.63, 3.8) is 0 Å². The fourth-order valence-electron chi connectivity index (χ4n) is 2.95. The summed E-state index contributed by atoms with van der Waals surface area (Å²) in [5.41, 5.74) is 0.907. The van der Waals surface area contributed by atoms with Gasteiger partial charge in [0, 0.05) is 19.1 Å². The molecule has 0 bridgehead atoms. The number of nitrogens with one attached hydrogen (secondary N) is 1. The highest BCUT2D eigenvalue weighted by Gasteiger charge is 2.29. The van der Waals surface area contributed by atoms with Crippen molar-refractivity contribution in [1.82, 2.24) is 5.32 Å². The van der Waals surface area contributed by atoms with Crippen LogP contribution in [-0.4, -0.2) is 38.4 Å². The van der Waals surface area contributed by atoms with Gasteiger partial charge in [-0.05, 0) is 50.8 Å². The number of rotatable bonds is 6. The van der Waals surface area contributed by atoms with E-state index < -0.39 is 0 Å². The molecule has 1 aliphatic rings. The molecule has 1 heterocycles. The number of carbonyl (C=O) groups excluding carboxylic acids is 1. The standard InChI is InChI=1S/C18H27NO4/c1-18(2)12-14(9-10-23-18)19-17(20)8-6-13-5-7-15(21-3)16(11-13)22-4/h5,7,11,14H,6,8-10,12H2,1-4H3,(H,19,20)/t14-/m1/s1. The van der Waals surface area contributed by atoms with Gasteiger partial charge in [-0.25, -0.2) is 0 Å². The molecule has 1 N–H and O–H groups in total. The van der Waals surface area contributed by atoms with Crippen molar-refractivity contribution in [3.8, 4) is 11.5 Å². The average Bonchev–Trinajstić information content (AvgIpc) is 2.51. The Morgan fingerprint density at radius 1 is 1.30 bits per heavy atom. The first-order chi connectivity index (χ1) is 10.9. The Kier molecular flexibility index (Phi) is 5.88. The van der Waals surface area contributed by atoms with Gasteiger partial charge in [0.15, 0.2) is 11.5 Å². The van der Waals surface area contributed by atoms with Crippen LogP contribution >= 0.6 is 0 Å². The van der Waals surface area contributed by atoms with Gasteiger partial charge >= 0.3 is 0 Å². The highest BCUT2D eigenvalue weighted by Crippen LogP contribution is 2.28. The van der Waals surface area contributed by atoms with Crippen LogP contribution in [0.15, 0.2) is 18.2 Å². The second-order valence-electron chi connectivity index (χ2n) is 6.55. The predicted octanol–water partition coefficient (Wildman–Crippen LogP) is 2.71. The first-order valence-corrected chi connectivity index (χ1v) is 8.08. The second-order valence-corrected chi connectivity index (χ2v) is 6.55. The highest BCUT2D eigenvalue weighted by molar-refractivity contribution is 5.76. The number of hydrogen-bond donors (Lipinski definition) is 1. The van der Waals surface area contributed by atoms with Gasteiger partial charge in [0.2, 0.25) is 5.91 Å². The number of benzene rings is 1. The third-order valence-electron chi connectivity index (χ3n) is 4.15. The van der Waals surface area contributed by atoms with E-state index in [2.05, 4.69) is 19.2 Å². The molecular weight excluding hydrogens is 294 g/mol. The van der Waals surface area contributed by atoms with Crippen molar-refractivity contribution >= 4 is 5.91 Å². The van der Waals surface area contributed by atoms with Crippen LogP contribution in [0.1, 0.15) is 38.7 Å². The molecule has 0 aromatic heterocycles. The number of aryl methyl sites for hydroxylation is 1. The minimum absolute atomic E-state index is 0.0856. The van der Waals surface area contributed by atoms with E-state index >= 15 is 0 Å². The van der Waals surface area contributed by atoms with Gasteiger partial charge in [0.1, 0.15) is 0 Å². The summed E-state index contributed by atoms with van der Waals surface area (Å²) in [5.74, 6) is 1.48. The van der Waals surface area contributed by atoms with Crippen LogP contribution in [0.5, 0.6) is 11.5 Å². The van der Waals surface area contributed by atoms with Gasteiger partial charge in [-0.3, -0.25) is 4.79 Å². The van der Waals surface area contributed by atoms with E-state index in [1.165, 1.54) is 0 Å². The molecule has 128 valence electrons. The van der Waals surface area contributed by atoms with Crippen molar-refractivity contribution in [2.24, 2.45) is 0 Å². The molecule has 23 heavy (non-hydrogen) atoms. The van der Waals surface area contributed by atoms with Crippen LogP contribution < -0.4 is 14.8 Å². The molecular formula is C18H27NO4. The molecule has 1 saturated heterocycles. The molecule has 1 amide bonds. The van der Waals surface area contributed by atoms with Gasteiger partial charge in [0.25, 0.3) is 0 Å². The summed E-state index contributed by atoms with van der Waals surface area (Å²) in [6, 6.07) is 5.96. The third-order valence-corrected chi connectivity index (χ3v) is 4.15. The summed E-state index contributed by atoms with van der Waals surface area (Å²) in [4.78, 5) is 12.2. The number of ether oxygens (including phenoxy) is 3. The zero-order valence-corrected chi connectivity index (χ0v) is 14.5. The molecule has 1 fully saturated rings. The smallest absolute Gasteiger partial charge is 0.220 e. The van der Waals surface area contributed by atoms with E-state index in [1.54, 1.807) is 14.2 Å². The normalized spacial score (nSPS) is 19.9. The lowest BCUT2D eigenvalue weighted by Gasteiger charge is -2.35. The fraction of sp³-hybridized carbons (Fsp3) is 0.611. The molecule has 0 saturated carbocycles. The number of amides is 1. The Balaban J connectivity index is 1.84. The molecule has 5 nitrogen and oxygen atoms in total. The lowest BCUT2D eigenvalue weighted by Crippen LogP contribution is -2.45. The van der Waals surface area contributed by atoms with E-state index in [-0.39, 0.29) is 17.6 Å². The number of hydrogen-bond acceptors (Lipinski definition) is 4. The lowest BCUT2D eigenvalue weighted by atomic mass is 9.94. The Bertz CT molecular complexity index is 542. The van der Waals surface area contributed by atoms with Crippen LogP contribution in [-0.2, 0) is 16.0 Å². The molecule has 0 unspecified atom stereocenters. The first-order valence-electron chi connectivity index (χ1n) is 8.08. The molecule has 1 aromatic carbocycles. The Labute approximate surface area is 138 Å². The maximum Gasteiger partial charge on any atom is 0.220 e. The van der Waals surface area contributed by atoms with E-state index in [0.29, 0.717) is 30.9 Å². The first kappa shape index (κ1) is 17.6. The summed E-state index contributed by atoms with van der Waals surface area (Å²) >= 11 is 0. The van der Waals surface area contributed by atoms with Crippen LogP contribution in [0.3, 0.4) is 0 Å². The molecule has 0 radical (unpaired) electrons. The minimum Gasteiger partial charge on any atom is -0.493 e. The maximum absolute atomic E-state index is 12.2. The topological polar surface area (TPSA) is 56.8 Å². The lowest BCUT2D eigenvalue weighted by molar-refractivity contribution is -0.124.